The van der Waals surface area contributed by atoms with Gasteiger partial charge in [-0.05, 0) is 19.1 Å². The summed E-state index contributed by atoms with van der Waals surface area (Å²) in [7, 11) is 0. The van der Waals surface area contributed by atoms with Gasteiger partial charge in [0.15, 0.2) is 5.75 Å². The second-order valence-corrected chi connectivity index (χ2v) is 2.06. The van der Waals surface area contributed by atoms with Crippen LogP contribution in [0.25, 0.3) is 0 Å². The number of benzene rings is 1. The molecule has 0 saturated carbocycles. The van der Waals surface area contributed by atoms with Gasteiger partial charge in [0, 0.05) is 11.8 Å². The van der Waals surface area contributed by atoms with Crippen molar-refractivity contribution in [1.82, 2.24) is 0 Å². The number of hydrogen-bond acceptors (Lipinski definition) is 3. The summed E-state index contributed by atoms with van der Waals surface area (Å²) in [4.78, 5) is 9.57. The zero-order chi connectivity index (χ0) is 8.10. The first-order valence-corrected chi connectivity index (χ1v) is 3.48. The first-order chi connectivity index (χ1) is 5.33. The van der Waals surface area contributed by atoms with E-state index >= 15 is 0 Å². The molecular weight excluding hydrogens is 142 g/mol. The first kappa shape index (κ1) is 7.88. The van der Waals surface area contributed by atoms with E-state index in [0.29, 0.717) is 18.0 Å². The van der Waals surface area contributed by atoms with Gasteiger partial charge >= 0.3 is 0 Å². The summed E-state index contributed by atoms with van der Waals surface area (Å²) in [6.07, 6.45) is 0. The highest BCUT2D eigenvalue weighted by Crippen LogP contribution is 2.14. The van der Waals surface area contributed by atoms with Crippen molar-refractivity contribution in [2.24, 2.45) is 0 Å². The van der Waals surface area contributed by atoms with E-state index in [1.807, 2.05) is 13.0 Å². The van der Waals surface area contributed by atoms with Gasteiger partial charge in [-0.15, -0.1) is 0 Å². The van der Waals surface area contributed by atoms with E-state index in [2.05, 4.69) is 0 Å². The van der Waals surface area contributed by atoms with E-state index < -0.39 is 0 Å². The van der Waals surface area contributed by atoms with Gasteiger partial charge in [0.05, 0.1) is 6.61 Å². The van der Waals surface area contributed by atoms with E-state index in [1.54, 1.807) is 18.2 Å². The number of nitrogens with two attached hydrogens (primary N) is 1. The predicted molar refractivity (Wildman–Crippen MR) is 43.1 cm³/mol. The molecule has 1 aromatic rings. The van der Waals surface area contributed by atoms with Gasteiger partial charge in [-0.2, -0.15) is 4.89 Å². The smallest absolute Gasteiger partial charge is 0.167 e. The van der Waals surface area contributed by atoms with E-state index in [9.17, 15) is 0 Å². The monoisotopic (exact) mass is 153 g/mol. The van der Waals surface area contributed by atoms with Crippen molar-refractivity contribution in [3.05, 3.63) is 24.3 Å². The number of nitrogen functional groups attached to an aromatic ring is 1. The predicted octanol–water partition coefficient (Wildman–Crippen LogP) is 1.60. The summed E-state index contributed by atoms with van der Waals surface area (Å²) in [6.45, 7) is 2.38. The Morgan fingerprint density at radius 1 is 1.45 bits per heavy atom. The largest absolute Gasteiger partial charge is 0.399 e. The molecule has 0 amide bonds. The van der Waals surface area contributed by atoms with Crippen LogP contribution in [0.15, 0.2) is 24.3 Å². The third-order valence-corrected chi connectivity index (χ3v) is 1.13. The second kappa shape index (κ2) is 3.83. The summed E-state index contributed by atoms with van der Waals surface area (Å²) in [5, 5.41) is 0. The lowest BCUT2D eigenvalue weighted by molar-refractivity contribution is -0.202. The summed E-state index contributed by atoms with van der Waals surface area (Å²) < 4.78 is 0. The van der Waals surface area contributed by atoms with Crippen LogP contribution in [0, 0.1) is 0 Å². The number of anilines is 1. The van der Waals surface area contributed by atoms with Gasteiger partial charge in [-0.3, -0.25) is 0 Å². The quantitative estimate of drug-likeness (QED) is 0.407. The van der Waals surface area contributed by atoms with Crippen LogP contribution in [-0.4, -0.2) is 6.61 Å². The Kier molecular flexibility index (Phi) is 2.74. The van der Waals surface area contributed by atoms with Crippen LogP contribution in [-0.2, 0) is 4.89 Å². The van der Waals surface area contributed by atoms with E-state index in [4.69, 9.17) is 15.5 Å². The Morgan fingerprint density at radius 3 is 2.91 bits per heavy atom. The summed E-state index contributed by atoms with van der Waals surface area (Å²) in [5.41, 5.74) is 6.16. The molecule has 0 heterocycles. The molecule has 0 saturated heterocycles. The zero-order valence-electron chi connectivity index (χ0n) is 6.41. The van der Waals surface area contributed by atoms with Crippen molar-refractivity contribution in [1.29, 1.82) is 0 Å². The third-order valence-electron chi connectivity index (χ3n) is 1.13. The second-order valence-electron chi connectivity index (χ2n) is 2.06. The van der Waals surface area contributed by atoms with Gasteiger partial charge in [-0.1, -0.05) is 6.07 Å². The van der Waals surface area contributed by atoms with E-state index in [-0.39, 0.29) is 0 Å². The Morgan fingerprint density at radius 2 is 2.27 bits per heavy atom. The van der Waals surface area contributed by atoms with Crippen LogP contribution in [0.2, 0.25) is 0 Å². The molecule has 0 aliphatic carbocycles. The minimum atomic E-state index is 0.523. The van der Waals surface area contributed by atoms with Crippen LogP contribution in [0.5, 0.6) is 5.75 Å². The molecule has 0 atom stereocenters. The lowest BCUT2D eigenvalue weighted by Crippen LogP contribution is -1.96. The van der Waals surface area contributed by atoms with E-state index in [0.717, 1.165) is 0 Å². The van der Waals surface area contributed by atoms with Gasteiger partial charge in [-0.25, -0.2) is 0 Å². The van der Waals surface area contributed by atoms with Crippen molar-refractivity contribution in [3.63, 3.8) is 0 Å². The van der Waals surface area contributed by atoms with Crippen LogP contribution >= 0.6 is 0 Å². The van der Waals surface area contributed by atoms with Crippen LogP contribution < -0.4 is 10.6 Å². The molecule has 0 spiro atoms. The highest BCUT2D eigenvalue weighted by molar-refractivity contribution is 5.43. The minimum absolute atomic E-state index is 0.523. The molecule has 11 heavy (non-hydrogen) atoms. The highest BCUT2D eigenvalue weighted by atomic mass is 17.2. The average Bonchev–Trinajstić information content (AvgIpc) is 2.01. The van der Waals surface area contributed by atoms with Gasteiger partial charge < -0.3 is 10.6 Å². The molecule has 3 heteroatoms. The number of hydrogen-bond donors (Lipinski definition) is 1. The number of rotatable bonds is 3. The summed E-state index contributed by atoms with van der Waals surface area (Å²) in [6, 6.07) is 7.09. The summed E-state index contributed by atoms with van der Waals surface area (Å²) >= 11 is 0. The topological polar surface area (TPSA) is 44.5 Å². The molecule has 0 aliphatic heterocycles. The third kappa shape index (κ3) is 2.47. The Balaban J connectivity index is 2.56. The lowest BCUT2D eigenvalue weighted by Gasteiger charge is -2.02. The molecule has 3 nitrogen and oxygen atoms in total. The first-order valence-electron chi connectivity index (χ1n) is 3.48. The molecule has 0 bridgehead atoms. The van der Waals surface area contributed by atoms with Crippen molar-refractivity contribution in [2.75, 3.05) is 12.3 Å². The van der Waals surface area contributed by atoms with Gasteiger partial charge in [0.1, 0.15) is 0 Å². The van der Waals surface area contributed by atoms with Crippen LogP contribution in [0.4, 0.5) is 5.69 Å². The normalized spacial score (nSPS) is 9.55. The fourth-order valence-corrected chi connectivity index (χ4v) is 0.693. The van der Waals surface area contributed by atoms with Crippen LogP contribution in [0.3, 0.4) is 0 Å². The fraction of sp³-hybridized carbons (Fsp3) is 0.250. The molecule has 1 rings (SSSR count). The van der Waals surface area contributed by atoms with E-state index in [1.165, 1.54) is 0 Å². The maximum Gasteiger partial charge on any atom is 0.167 e. The molecule has 60 valence electrons. The molecule has 0 fully saturated rings. The molecule has 0 aliphatic rings. The standard InChI is InChI=1S/C8H11NO2/c1-2-10-11-8-5-3-4-7(9)6-8/h3-6H,2,9H2,1H3. The Bertz CT molecular complexity index is 225. The maximum atomic E-state index is 5.49. The van der Waals surface area contributed by atoms with Crippen molar-refractivity contribution < 1.29 is 9.78 Å². The lowest BCUT2D eigenvalue weighted by atomic mass is 10.3. The molecular formula is C8H11NO2. The Labute approximate surface area is 65.7 Å². The molecule has 0 radical (unpaired) electrons. The molecule has 0 aromatic heterocycles. The van der Waals surface area contributed by atoms with Crippen molar-refractivity contribution in [3.8, 4) is 5.75 Å². The van der Waals surface area contributed by atoms with Crippen LogP contribution in [0.1, 0.15) is 6.92 Å². The molecule has 2 N–H and O–H groups in total. The fourth-order valence-electron chi connectivity index (χ4n) is 0.693. The van der Waals surface area contributed by atoms with Gasteiger partial charge in [0.25, 0.3) is 0 Å². The summed E-state index contributed by atoms with van der Waals surface area (Å²) in [5.74, 6) is 0.631. The minimum Gasteiger partial charge on any atom is -0.399 e. The SMILES string of the molecule is CCOOc1cccc(N)c1. The Hall–Kier alpha value is -1.22. The molecule has 0 unspecified atom stereocenters. The molecule has 1 aromatic carbocycles. The van der Waals surface area contributed by atoms with Crippen molar-refractivity contribution in [2.45, 2.75) is 6.92 Å². The average molecular weight is 153 g/mol. The van der Waals surface area contributed by atoms with Gasteiger partial charge in [0.2, 0.25) is 0 Å². The maximum absolute atomic E-state index is 5.49. The van der Waals surface area contributed by atoms with Crippen molar-refractivity contribution >= 4 is 5.69 Å². The zero-order valence-corrected chi connectivity index (χ0v) is 6.41. The highest BCUT2D eigenvalue weighted by Gasteiger charge is 1.92.